The maximum absolute atomic E-state index is 2.62. The molecule has 34 heavy (non-hydrogen) atoms. The first-order valence-electron chi connectivity index (χ1n) is 12.3. The molecule has 0 bridgehead atoms. The molecule has 0 aromatic heterocycles. The van der Waals surface area contributed by atoms with Crippen molar-refractivity contribution in [1.82, 2.24) is 0 Å². The largest absolute Gasteiger partial charge is 0.147 e. The molecule has 0 spiro atoms. The number of allylic oxidation sites excluding steroid dienone is 4. The number of fused-ring (bicyclic) bond motifs is 3. The first kappa shape index (κ1) is 29.8. The van der Waals surface area contributed by atoms with Crippen molar-refractivity contribution in [2.24, 2.45) is 0 Å². The van der Waals surface area contributed by atoms with Crippen molar-refractivity contribution in [3.63, 3.8) is 0 Å². The predicted octanol–water partition coefficient (Wildman–Crippen LogP) is 9.69. The first-order valence-corrected chi connectivity index (χ1v) is 21.1. The fourth-order valence-corrected chi connectivity index (χ4v) is 24.6. The van der Waals surface area contributed by atoms with E-state index < -0.39 is 20.4 Å². The predicted molar refractivity (Wildman–Crippen MR) is 154 cm³/mol. The Bertz CT molecular complexity index is 1110. The zero-order valence-corrected chi connectivity index (χ0v) is 27.5. The van der Waals surface area contributed by atoms with Crippen LogP contribution in [0.15, 0.2) is 57.4 Å². The van der Waals surface area contributed by atoms with Gasteiger partial charge in [-0.05, 0) is 0 Å². The van der Waals surface area contributed by atoms with Gasteiger partial charge in [0, 0.05) is 0 Å². The molecule has 0 nitrogen and oxygen atoms in total. The van der Waals surface area contributed by atoms with Crippen LogP contribution in [0.25, 0.3) is 11.1 Å². The van der Waals surface area contributed by atoms with E-state index in [1.807, 2.05) is 3.28 Å². The van der Waals surface area contributed by atoms with Crippen LogP contribution in [-0.2, 0) is 31.2 Å². The first-order chi connectivity index (χ1) is 14.9. The van der Waals surface area contributed by atoms with Crippen LogP contribution in [0, 0.1) is 0 Å². The standard InChI is InChI=1S/C21H25.C7H9.C2H6Si.2ClH.Zr/c1-20(2,3)16-7-9-18-14(12-16)11-15-13-17(21(4,5)6)8-10-19(15)18;1-2-7-5-3-4-6-7;1-3-2;;;/h7-13H,1-6H3;3,5H,2,4H2,1H3;1-2H3;2*1H;. The number of hydrogen-bond acceptors (Lipinski definition) is 0. The molecule has 2 aromatic carbocycles. The van der Waals surface area contributed by atoms with Crippen LogP contribution in [0.3, 0.4) is 0 Å². The van der Waals surface area contributed by atoms with Crippen LogP contribution in [0.2, 0.25) is 13.1 Å². The molecule has 2 aromatic rings. The zero-order valence-electron chi connectivity index (χ0n) is 22.4. The summed E-state index contributed by atoms with van der Waals surface area (Å²) in [5.41, 5.74) is 11.0. The molecule has 4 heteroatoms. The van der Waals surface area contributed by atoms with Crippen molar-refractivity contribution in [3.05, 3.63) is 79.7 Å². The van der Waals surface area contributed by atoms with Gasteiger partial charge in [0.25, 0.3) is 0 Å². The maximum atomic E-state index is 2.62. The van der Waals surface area contributed by atoms with E-state index in [2.05, 4.69) is 110 Å². The monoisotopic (exact) mass is 590 g/mol. The van der Waals surface area contributed by atoms with Gasteiger partial charge in [-0.25, -0.2) is 0 Å². The van der Waals surface area contributed by atoms with Gasteiger partial charge < -0.3 is 0 Å². The average molecular weight is 593 g/mol. The summed E-state index contributed by atoms with van der Waals surface area (Å²) in [6.45, 7) is 21.7. The summed E-state index contributed by atoms with van der Waals surface area (Å²) in [5, 5.41) is 0. The molecular weight excluding hydrogens is 551 g/mol. The van der Waals surface area contributed by atoms with E-state index in [1.165, 1.54) is 35.1 Å². The van der Waals surface area contributed by atoms with Crippen molar-refractivity contribution in [2.45, 2.75) is 88.9 Å². The minimum absolute atomic E-state index is 0. The van der Waals surface area contributed by atoms with Gasteiger partial charge >= 0.3 is 205 Å². The second-order valence-corrected chi connectivity index (χ2v) is 29.4. The second-order valence-electron chi connectivity index (χ2n) is 11.9. The van der Waals surface area contributed by atoms with Crippen LogP contribution < -0.4 is 0 Å². The topological polar surface area (TPSA) is 0 Å². The Labute approximate surface area is 228 Å². The molecule has 0 radical (unpaired) electrons. The summed E-state index contributed by atoms with van der Waals surface area (Å²) < 4.78 is 2.59. The van der Waals surface area contributed by atoms with Crippen LogP contribution in [0.5, 0.6) is 0 Å². The van der Waals surface area contributed by atoms with E-state index in [0.717, 1.165) is 0 Å². The summed E-state index contributed by atoms with van der Waals surface area (Å²) >= 11 is -1.95. The maximum Gasteiger partial charge on any atom is -0.147 e. The van der Waals surface area contributed by atoms with Crippen LogP contribution >= 0.6 is 24.8 Å². The smallest absolute Gasteiger partial charge is 0.147 e. The fraction of sp³-hybridized carbons (Fsp3) is 0.467. The summed E-state index contributed by atoms with van der Waals surface area (Å²) in [5.74, 6) is 0. The van der Waals surface area contributed by atoms with E-state index in [-0.39, 0.29) is 41.1 Å². The van der Waals surface area contributed by atoms with E-state index in [4.69, 9.17) is 0 Å². The average Bonchev–Trinajstić information content (AvgIpc) is 3.29. The molecule has 2 aliphatic rings. The van der Waals surface area contributed by atoms with Gasteiger partial charge in [0.05, 0.1) is 0 Å². The Morgan fingerprint density at radius 1 is 0.824 bits per heavy atom. The molecule has 0 saturated carbocycles. The molecule has 0 heterocycles. The fourth-order valence-electron chi connectivity index (χ4n) is 5.43. The third kappa shape index (κ3) is 5.46. The van der Waals surface area contributed by atoms with Crippen molar-refractivity contribution < 1.29 is 20.4 Å². The Balaban J connectivity index is 0.00000204. The Hall–Kier alpha value is -0.400. The Kier molecular flexibility index (Phi) is 9.58. The van der Waals surface area contributed by atoms with E-state index in [0.29, 0.717) is 3.63 Å². The molecule has 2 aliphatic carbocycles. The number of hydrogen-bond donors (Lipinski definition) is 0. The van der Waals surface area contributed by atoms with E-state index in [9.17, 15) is 0 Å². The minimum Gasteiger partial charge on any atom is -0.147 e. The molecule has 0 unspecified atom stereocenters. The quantitative estimate of drug-likeness (QED) is 0.311. The van der Waals surface area contributed by atoms with Crippen molar-refractivity contribution in [3.8, 4) is 11.1 Å². The minimum atomic E-state index is -1.95. The number of rotatable bonds is 3. The van der Waals surface area contributed by atoms with Crippen LogP contribution in [0.1, 0.15) is 87.2 Å². The van der Waals surface area contributed by atoms with Gasteiger partial charge in [-0.1, -0.05) is 0 Å². The molecule has 0 saturated heterocycles. The molecule has 0 N–H and O–H groups in total. The number of benzene rings is 2. The third-order valence-corrected chi connectivity index (χ3v) is 25.7. The van der Waals surface area contributed by atoms with Crippen LogP contribution in [0.4, 0.5) is 0 Å². The number of halogens is 2. The Morgan fingerprint density at radius 2 is 1.29 bits per heavy atom. The second kappa shape index (κ2) is 10.9. The molecule has 0 atom stereocenters. The van der Waals surface area contributed by atoms with Gasteiger partial charge in [0.1, 0.15) is 0 Å². The van der Waals surface area contributed by atoms with Gasteiger partial charge in [-0.15, -0.1) is 24.8 Å². The van der Waals surface area contributed by atoms with Crippen molar-refractivity contribution in [2.75, 3.05) is 0 Å². The molecule has 0 fully saturated rings. The van der Waals surface area contributed by atoms with Crippen LogP contribution in [-0.4, -0.2) is 5.43 Å². The third-order valence-electron chi connectivity index (χ3n) is 7.31. The van der Waals surface area contributed by atoms with E-state index >= 15 is 0 Å². The van der Waals surface area contributed by atoms with Gasteiger partial charge in [-0.2, -0.15) is 0 Å². The van der Waals surface area contributed by atoms with Crippen molar-refractivity contribution >= 4 is 30.2 Å². The Morgan fingerprint density at radius 3 is 1.68 bits per heavy atom. The molecule has 4 rings (SSSR count). The van der Waals surface area contributed by atoms with Gasteiger partial charge in [-0.3, -0.25) is 0 Å². The molecule has 0 aliphatic heterocycles. The summed E-state index contributed by atoms with van der Waals surface area (Å²) in [4.78, 5) is 0. The summed E-state index contributed by atoms with van der Waals surface area (Å²) in [7, 11) is 0. The van der Waals surface area contributed by atoms with Gasteiger partial charge in [0.15, 0.2) is 0 Å². The van der Waals surface area contributed by atoms with E-state index in [1.54, 1.807) is 16.7 Å². The van der Waals surface area contributed by atoms with Crippen molar-refractivity contribution in [1.29, 1.82) is 0 Å². The SMILES string of the molecule is CCC1=[C]([Zr]([CH]2c3cc(C(C)(C)C)ccc3-c3ccc(C(C)(C)C)cc32)=[Si](C)C)CC=C1.Cl.Cl. The molecule has 184 valence electrons. The molecular formula is C30H42Cl2SiZr. The zero-order chi connectivity index (χ0) is 23.4. The normalized spacial score (nSPS) is 15.0. The van der Waals surface area contributed by atoms with Gasteiger partial charge in [0.2, 0.25) is 0 Å². The molecule has 0 amide bonds. The summed E-state index contributed by atoms with van der Waals surface area (Å²) in [6, 6.07) is 14.9. The summed E-state index contributed by atoms with van der Waals surface area (Å²) in [6.07, 6.45) is 7.33.